The molecule has 0 saturated heterocycles. The maximum Gasteiger partial charge on any atom is 0.268 e. The van der Waals surface area contributed by atoms with Crippen molar-refractivity contribution >= 4 is 22.9 Å². The normalized spacial score (nSPS) is 15.8. The zero-order valence-electron chi connectivity index (χ0n) is 15.0. The van der Waals surface area contributed by atoms with Gasteiger partial charge in [-0.15, -0.1) is 11.3 Å². The van der Waals surface area contributed by atoms with Crippen LogP contribution >= 0.6 is 11.3 Å². The highest BCUT2D eigenvalue weighted by molar-refractivity contribution is 7.09. The lowest BCUT2D eigenvalue weighted by atomic mass is 10.0. The van der Waals surface area contributed by atoms with Crippen LogP contribution in [0.25, 0.3) is 11.3 Å². The lowest BCUT2D eigenvalue weighted by Crippen LogP contribution is -2.44. The second-order valence-corrected chi connectivity index (χ2v) is 7.45. The summed E-state index contributed by atoms with van der Waals surface area (Å²) in [7, 11) is 0. The number of anilines is 1. The smallest absolute Gasteiger partial charge is 0.268 e. The summed E-state index contributed by atoms with van der Waals surface area (Å²) >= 11 is 1.59. The van der Waals surface area contributed by atoms with Crippen molar-refractivity contribution in [2.24, 2.45) is 0 Å². The Morgan fingerprint density at radius 3 is 2.85 bits per heavy atom. The first kappa shape index (κ1) is 17.3. The molecule has 27 heavy (non-hydrogen) atoms. The Morgan fingerprint density at radius 2 is 2.11 bits per heavy atom. The van der Waals surface area contributed by atoms with E-state index in [0.29, 0.717) is 23.5 Å². The predicted molar refractivity (Wildman–Crippen MR) is 105 cm³/mol. The van der Waals surface area contributed by atoms with Crippen molar-refractivity contribution in [3.05, 3.63) is 64.0 Å². The number of aryl methyl sites for hydroxylation is 1. The molecule has 3 aromatic rings. The number of fused-ring (bicyclic) bond motifs is 1. The van der Waals surface area contributed by atoms with Gasteiger partial charge in [-0.25, -0.2) is 4.98 Å². The van der Waals surface area contributed by atoms with Gasteiger partial charge in [0.05, 0.1) is 34.6 Å². The van der Waals surface area contributed by atoms with Gasteiger partial charge in [-0.2, -0.15) is 5.26 Å². The molecule has 1 amide bonds. The van der Waals surface area contributed by atoms with E-state index in [1.807, 2.05) is 48.7 Å². The molecule has 0 aliphatic carbocycles. The second kappa shape index (κ2) is 6.86. The lowest BCUT2D eigenvalue weighted by Gasteiger charge is -2.33. The molecule has 5 nitrogen and oxygen atoms in total. The quantitative estimate of drug-likeness (QED) is 0.684. The van der Waals surface area contributed by atoms with E-state index in [1.165, 1.54) is 0 Å². The minimum absolute atomic E-state index is 0.123. The number of hydrogen-bond donors (Lipinski definition) is 0. The average molecular weight is 375 g/mol. The molecule has 0 fully saturated rings. The number of aromatic nitrogens is 1. The number of thiazole rings is 1. The Bertz CT molecular complexity index is 1070. The molecule has 0 radical (unpaired) electrons. The van der Waals surface area contributed by atoms with Crippen LogP contribution in [-0.2, 0) is 11.3 Å². The van der Waals surface area contributed by atoms with Crippen molar-refractivity contribution in [1.29, 1.82) is 5.26 Å². The summed E-state index contributed by atoms with van der Waals surface area (Å²) in [6, 6.07) is 15.3. The molecule has 1 unspecified atom stereocenters. The maximum absolute atomic E-state index is 12.8. The number of nitrogens with zero attached hydrogens (tertiary/aromatic N) is 3. The Hall–Kier alpha value is -3.17. The van der Waals surface area contributed by atoms with Crippen LogP contribution in [0.2, 0.25) is 0 Å². The molecule has 6 heteroatoms. The van der Waals surface area contributed by atoms with E-state index >= 15 is 0 Å². The Labute approximate surface area is 161 Å². The van der Waals surface area contributed by atoms with E-state index in [1.54, 1.807) is 29.2 Å². The van der Waals surface area contributed by atoms with E-state index in [2.05, 4.69) is 11.1 Å². The highest BCUT2D eigenvalue weighted by Gasteiger charge is 2.32. The summed E-state index contributed by atoms with van der Waals surface area (Å²) in [6.07, 6.45) is -0.570. The summed E-state index contributed by atoms with van der Waals surface area (Å²) in [5, 5.41) is 12.4. The van der Waals surface area contributed by atoms with Crippen LogP contribution in [0.5, 0.6) is 5.75 Å². The molecule has 1 aliphatic rings. The van der Waals surface area contributed by atoms with Crippen molar-refractivity contribution in [2.75, 3.05) is 4.90 Å². The third-order valence-corrected chi connectivity index (χ3v) is 5.32. The highest BCUT2D eigenvalue weighted by atomic mass is 32.1. The third-order valence-electron chi connectivity index (χ3n) is 4.55. The Morgan fingerprint density at radius 1 is 1.30 bits per heavy atom. The molecule has 2 heterocycles. The number of carbonyl (C=O) groups is 1. The van der Waals surface area contributed by atoms with E-state index < -0.39 is 6.10 Å². The maximum atomic E-state index is 12.8. The number of rotatable bonds is 3. The van der Waals surface area contributed by atoms with Crippen LogP contribution in [0.4, 0.5) is 5.69 Å². The molecule has 0 N–H and O–H groups in total. The molecular formula is C21H17N3O2S. The fourth-order valence-corrected chi connectivity index (χ4v) is 3.79. The average Bonchev–Trinajstić information content (AvgIpc) is 3.12. The zero-order chi connectivity index (χ0) is 19.0. The summed E-state index contributed by atoms with van der Waals surface area (Å²) in [4.78, 5) is 19.1. The van der Waals surface area contributed by atoms with Crippen LogP contribution in [0.1, 0.15) is 23.1 Å². The van der Waals surface area contributed by atoms with E-state index in [4.69, 9.17) is 4.74 Å². The summed E-state index contributed by atoms with van der Waals surface area (Å²) in [5.41, 5.74) is 3.89. The largest absolute Gasteiger partial charge is 0.479 e. The fraction of sp³-hybridized carbons (Fsp3) is 0.190. The van der Waals surface area contributed by atoms with Crippen LogP contribution in [0, 0.1) is 18.3 Å². The number of carbonyl (C=O) groups excluding carboxylic acids is 1. The number of nitriles is 1. The predicted octanol–water partition coefficient (Wildman–Crippen LogP) is 4.30. The number of hydrogen-bond acceptors (Lipinski definition) is 5. The minimum Gasteiger partial charge on any atom is -0.479 e. The van der Waals surface area contributed by atoms with Gasteiger partial charge in [0.1, 0.15) is 5.75 Å². The van der Waals surface area contributed by atoms with Crippen molar-refractivity contribution in [3.8, 4) is 23.1 Å². The summed E-state index contributed by atoms with van der Waals surface area (Å²) in [5.74, 6) is 0.536. The second-order valence-electron chi connectivity index (χ2n) is 6.39. The molecule has 134 valence electrons. The van der Waals surface area contributed by atoms with Gasteiger partial charge in [0.2, 0.25) is 0 Å². The van der Waals surface area contributed by atoms with Gasteiger partial charge < -0.3 is 9.64 Å². The van der Waals surface area contributed by atoms with E-state index in [0.717, 1.165) is 21.8 Å². The van der Waals surface area contributed by atoms with Crippen LogP contribution in [-0.4, -0.2) is 17.0 Å². The van der Waals surface area contributed by atoms with Crippen molar-refractivity contribution in [3.63, 3.8) is 0 Å². The molecule has 0 bridgehead atoms. The number of benzene rings is 2. The van der Waals surface area contributed by atoms with Gasteiger partial charge >= 0.3 is 0 Å². The first-order valence-electron chi connectivity index (χ1n) is 8.59. The first-order chi connectivity index (χ1) is 13.1. The third kappa shape index (κ3) is 3.18. The summed E-state index contributed by atoms with van der Waals surface area (Å²) in [6.45, 7) is 4.03. The van der Waals surface area contributed by atoms with Gasteiger partial charge in [-0.3, -0.25) is 4.79 Å². The molecule has 4 rings (SSSR count). The molecule has 1 aromatic heterocycles. The molecular weight excluding hydrogens is 358 g/mol. The Kier molecular flexibility index (Phi) is 4.38. The number of ether oxygens (including phenoxy) is 1. The lowest BCUT2D eigenvalue weighted by molar-refractivity contribution is -0.125. The zero-order valence-corrected chi connectivity index (χ0v) is 15.8. The van der Waals surface area contributed by atoms with Crippen LogP contribution in [0.3, 0.4) is 0 Å². The fourth-order valence-electron chi connectivity index (χ4n) is 3.16. The van der Waals surface area contributed by atoms with Gasteiger partial charge in [0, 0.05) is 10.9 Å². The monoisotopic (exact) mass is 375 g/mol. The van der Waals surface area contributed by atoms with Crippen LogP contribution < -0.4 is 9.64 Å². The minimum atomic E-state index is -0.570. The molecule has 1 atom stereocenters. The summed E-state index contributed by atoms with van der Waals surface area (Å²) < 4.78 is 5.79. The first-order valence-corrected chi connectivity index (χ1v) is 9.47. The van der Waals surface area contributed by atoms with E-state index in [-0.39, 0.29) is 5.91 Å². The van der Waals surface area contributed by atoms with Gasteiger partial charge in [-0.05, 0) is 43.7 Å². The number of amides is 1. The topological polar surface area (TPSA) is 66.2 Å². The molecule has 2 aromatic carbocycles. The van der Waals surface area contributed by atoms with E-state index in [9.17, 15) is 10.1 Å². The standard InChI is InChI=1S/C21H17N3O2S/c1-13-21(25)24(11-17-6-4-3-5-16(17)10-22)19-9-15(7-8-20(19)26-13)18-12-27-14(2)23-18/h3-9,12-13H,11H2,1-2H3. The molecule has 1 aliphatic heterocycles. The van der Waals surface area contributed by atoms with Crippen molar-refractivity contribution in [2.45, 2.75) is 26.5 Å². The van der Waals surface area contributed by atoms with Gasteiger partial charge in [0.25, 0.3) is 5.91 Å². The molecule has 0 saturated carbocycles. The van der Waals surface area contributed by atoms with Gasteiger partial charge in [-0.1, -0.05) is 18.2 Å². The van der Waals surface area contributed by atoms with Crippen molar-refractivity contribution < 1.29 is 9.53 Å². The van der Waals surface area contributed by atoms with Crippen LogP contribution in [0.15, 0.2) is 47.8 Å². The van der Waals surface area contributed by atoms with Gasteiger partial charge in [0.15, 0.2) is 6.10 Å². The van der Waals surface area contributed by atoms with Crippen molar-refractivity contribution in [1.82, 2.24) is 4.98 Å². The SMILES string of the molecule is Cc1nc(-c2ccc3c(c2)N(Cc2ccccc2C#N)C(=O)C(C)O3)cs1. The molecule has 0 spiro atoms. The highest BCUT2D eigenvalue weighted by Crippen LogP contribution is 2.38. The Balaban J connectivity index is 1.78.